The van der Waals surface area contributed by atoms with E-state index in [1.165, 1.54) is 6.07 Å². The highest BCUT2D eigenvalue weighted by molar-refractivity contribution is 7.99. The quantitative estimate of drug-likeness (QED) is 0.745. The Labute approximate surface area is 128 Å². The molecule has 0 aliphatic carbocycles. The minimum atomic E-state index is -4.67. The second-order valence-corrected chi connectivity index (χ2v) is 6.58. The number of ether oxygens (including phenoxy) is 1. The molecular weight excluding hydrogens is 299 g/mol. The van der Waals surface area contributed by atoms with E-state index in [0.29, 0.717) is 16.6 Å². The van der Waals surface area contributed by atoms with E-state index in [2.05, 4.69) is 23.9 Å². The zero-order valence-corrected chi connectivity index (χ0v) is 13.4. The summed E-state index contributed by atoms with van der Waals surface area (Å²) in [6.07, 6.45) is -3.75. The highest BCUT2D eigenvalue weighted by Gasteiger charge is 2.32. The predicted molar refractivity (Wildman–Crippen MR) is 81.8 cm³/mol. The van der Waals surface area contributed by atoms with E-state index >= 15 is 0 Å². The molecule has 0 heterocycles. The van der Waals surface area contributed by atoms with Crippen molar-refractivity contribution in [1.29, 1.82) is 0 Å². The van der Waals surface area contributed by atoms with Crippen LogP contribution in [0.4, 0.5) is 13.2 Å². The molecule has 0 aromatic heterocycles. The van der Waals surface area contributed by atoms with Gasteiger partial charge in [0.1, 0.15) is 5.75 Å². The number of thioether (sulfide) groups is 1. The summed E-state index contributed by atoms with van der Waals surface area (Å²) in [6, 6.07) is 6.19. The second-order valence-electron chi connectivity index (χ2n) is 4.97. The van der Waals surface area contributed by atoms with Gasteiger partial charge < -0.3 is 10.1 Å². The molecule has 0 aliphatic rings. The zero-order valence-electron chi connectivity index (χ0n) is 12.5. The molecule has 1 rings (SSSR count). The summed E-state index contributed by atoms with van der Waals surface area (Å²) in [5.74, 6) is 0.582. The SMILES string of the molecule is CCCNC(CSC(C)C)c1ccccc1OC(F)(F)F. The van der Waals surface area contributed by atoms with Gasteiger partial charge >= 0.3 is 6.36 Å². The van der Waals surface area contributed by atoms with Crippen LogP contribution in [0.25, 0.3) is 0 Å². The molecule has 1 aromatic rings. The first kappa shape index (κ1) is 18.2. The molecule has 2 nitrogen and oxygen atoms in total. The first-order valence-corrected chi connectivity index (χ1v) is 8.08. The van der Waals surface area contributed by atoms with Crippen LogP contribution in [0.1, 0.15) is 38.8 Å². The maximum atomic E-state index is 12.5. The van der Waals surface area contributed by atoms with Gasteiger partial charge in [-0.3, -0.25) is 0 Å². The van der Waals surface area contributed by atoms with E-state index in [1.54, 1.807) is 30.0 Å². The molecule has 0 saturated heterocycles. The van der Waals surface area contributed by atoms with Gasteiger partial charge in [-0.25, -0.2) is 0 Å². The summed E-state index contributed by atoms with van der Waals surface area (Å²) < 4.78 is 41.7. The lowest BCUT2D eigenvalue weighted by molar-refractivity contribution is -0.275. The van der Waals surface area contributed by atoms with Crippen molar-refractivity contribution in [3.05, 3.63) is 29.8 Å². The number of alkyl halides is 3. The molecule has 0 spiro atoms. The zero-order chi connectivity index (χ0) is 15.9. The molecule has 0 amide bonds. The Morgan fingerprint density at radius 1 is 1.24 bits per heavy atom. The van der Waals surface area contributed by atoms with Crippen LogP contribution >= 0.6 is 11.8 Å². The third kappa shape index (κ3) is 7.09. The lowest BCUT2D eigenvalue weighted by Gasteiger charge is -2.22. The number of nitrogens with one attached hydrogen (secondary N) is 1. The third-order valence-corrected chi connectivity index (χ3v) is 3.95. The van der Waals surface area contributed by atoms with Crippen LogP contribution in [0.2, 0.25) is 0 Å². The van der Waals surface area contributed by atoms with E-state index in [1.807, 2.05) is 6.92 Å². The van der Waals surface area contributed by atoms with Crippen molar-refractivity contribution in [2.24, 2.45) is 0 Å². The number of benzene rings is 1. The molecule has 1 aromatic carbocycles. The Bertz CT molecular complexity index is 424. The normalized spacial score (nSPS) is 13.5. The van der Waals surface area contributed by atoms with Crippen LogP contribution in [0.15, 0.2) is 24.3 Å². The summed E-state index contributed by atoms with van der Waals surface area (Å²) in [4.78, 5) is 0. The standard InChI is InChI=1S/C15H22F3NOS/c1-4-9-19-13(10-21-11(2)3)12-7-5-6-8-14(12)20-15(16,17)18/h5-8,11,13,19H,4,9-10H2,1-3H3. The smallest absolute Gasteiger partial charge is 0.405 e. The van der Waals surface area contributed by atoms with Crippen LogP contribution in [0.5, 0.6) is 5.75 Å². The van der Waals surface area contributed by atoms with E-state index < -0.39 is 6.36 Å². The van der Waals surface area contributed by atoms with Crippen molar-refractivity contribution < 1.29 is 17.9 Å². The van der Waals surface area contributed by atoms with Gasteiger partial charge in [0.15, 0.2) is 0 Å². The van der Waals surface area contributed by atoms with Crippen molar-refractivity contribution in [3.63, 3.8) is 0 Å². The summed E-state index contributed by atoms with van der Waals surface area (Å²) in [7, 11) is 0. The van der Waals surface area contributed by atoms with Gasteiger partial charge in [-0.15, -0.1) is 13.2 Å². The first-order chi connectivity index (χ1) is 9.83. The molecule has 6 heteroatoms. The molecule has 0 bridgehead atoms. The average Bonchev–Trinajstić information content (AvgIpc) is 2.38. The molecule has 1 N–H and O–H groups in total. The van der Waals surface area contributed by atoms with Crippen LogP contribution in [0.3, 0.4) is 0 Å². The van der Waals surface area contributed by atoms with E-state index in [9.17, 15) is 13.2 Å². The average molecular weight is 321 g/mol. The van der Waals surface area contributed by atoms with Crippen LogP contribution in [-0.4, -0.2) is 23.9 Å². The van der Waals surface area contributed by atoms with Crippen molar-refractivity contribution in [2.45, 2.75) is 44.8 Å². The lowest BCUT2D eigenvalue weighted by Crippen LogP contribution is -2.26. The Kier molecular flexibility index (Phi) is 7.39. The molecule has 0 radical (unpaired) electrons. The fourth-order valence-corrected chi connectivity index (χ4v) is 2.73. The lowest BCUT2D eigenvalue weighted by atomic mass is 10.1. The summed E-state index contributed by atoms with van der Waals surface area (Å²) >= 11 is 1.71. The Morgan fingerprint density at radius 3 is 2.48 bits per heavy atom. The largest absolute Gasteiger partial charge is 0.573 e. The predicted octanol–water partition coefficient (Wildman–Crippen LogP) is 4.77. The van der Waals surface area contributed by atoms with Crippen molar-refractivity contribution in [2.75, 3.05) is 12.3 Å². The number of para-hydroxylation sites is 1. The molecule has 0 aliphatic heterocycles. The fraction of sp³-hybridized carbons (Fsp3) is 0.600. The number of hydrogen-bond acceptors (Lipinski definition) is 3. The number of rotatable bonds is 8. The van der Waals surface area contributed by atoms with E-state index in [4.69, 9.17) is 0 Å². The summed E-state index contributed by atoms with van der Waals surface area (Å²) in [5, 5.41) is 3.72. The molecule has 1 atom stereocenters. The first-order valence-electron chi connectivity index (χ1n) is 7.03. The fourth-order valence-electron chi connectivity index (χ4n) is 1.85. The molecule has 0 saturated carbocycles. The topological polar surface area (TPSA) is 21.3 Å². The van der Waals surface area contributed by atoms with Gasteiger partial charge in [-0.2, -0.15) is 11.8 Å². The second kappa shape index (κ2) is 8.54. The third-order valence-electron chi connectivity index (χ3n) is 2.76. The van der Waals surface area contributed by atoms with Crippen molar-refractivity contribution >= 4 is 11.8 Å². The monoisotopic (exact) mass is 321 g/mol. The van der Waals surface area contributed by atoms with Crippen LogP contribution in [-0.2, 0) is 0 Å². The number of halogens is 3. The summed E-state index contributed by atoms with van der Waals surface area (Å²) in [6.45, 7) is 6.92. The van der Waals surface area contributed by atoms with Gasteiger partial charge in [-0.05, 0) is 24.3 Å². The van der Waals surface area contributed by atoms with Gasteiger partial charge in [0.2, 0.25) is 0 Å². The van der Waals surface area contributed by atoms with Crippen LogP contribution in [0, 0.1) is 0 Å². The minimum absolute atomic E-state index is 0.122. The highest BCUT2D eigenvalue weighted by atomic mass is 32.2. The van der Waals surface area contributed by atoms with Crippen molar-refractivity contribution in [1.82, 2.24) is 5.32 Å². The van der Waals surface area contributed by atoms with E-state index in [-0.39, 0.29) is 11.8 Å². The number of hydrogen-bond donors (Lipinski definition) is 1. The molecule has 21 heavy (non-hydrogen) atoms. The Morgan fingerprint density at radius 2 is 1.90 bits per heavy atom. The molecule has 120 valence electrons. The van der Waals surface area contributed by atoms with Crippen LogP contribution < -0.4 is 10.1 Å². The maximum Gasteiger partial charge on any atom is 0.573 e. The van der Waals surface area contributed by atoms with Gasteiger partial charge in [-0.1, -0.05) is 39.0 Å². The summed E-state index contributed by atoms with van der Waals surface area (Å²) in [5.41, 5.74) is 0.552. The maximum absolute atomic E-state index is 12.5. The molecule has 0 fully saturated rings. The molecular formula is C15H22F3NOS. The Hall–Kier alpha value is -0.880. The minimum Gasteiger partial charge on any atom is -0.405 e. The molecule has 1 unspecified atom stereocenters. The Balaban J connectivity index is 2.94. The van der Waals surface area contributed by atoms with Gasteiger partial charge in [0.25, 0.3) is 0 Å². The van der Waals surface area contributed by atoms with Gasteiger partial charge in [0, 0.05) is 17.4 Å². The van der Waals surface area contributed by atoms with Gasteiger partial charge in [0.05, 0.1) is 0 Å². The van der Waals surface area contributed by atoms with E-state index in [0.717, 1.165) is 13.0 Å². The highest BCUT2D eigenvalue weighted by Crippen LogP contribution is 2.32. The van der Waals surface area contributed by atoms with Crippen molar-refractivity contribution in [3.8, 4) is 5.75 Å².